The van der Waals surface area contributed by atoms with Crippen LogP contribution in [0.25, 0.3) is 0 Å². The molecule has 0 spiro atoms. The lowest BCUT2D eigenvalue weighted by Gasteiger charge is -2.47. The molecule has 0 aliphatic carbocycles. The van der Waals surface area contributed by atoms with Crippen LogP contribution in [0, 0.1) is 5.92 Å². The van der Waals surface area contributed by atoms with Crippen LogP contribution >= 0.6 is 0 Å². The van der Waals surface area contributed by atoms with Crippen LogP contribution in [0.15, 0.2) is 0 Å². The van der Waals surface area contributed by atoms with Crippen LogP contribution in [0.4, 0.5) is 0 Å². The van der Waals surface area contributed by atoms with Gasteiger partial charge in [-0.3, -0.25) is 4.90 Å². The zero-order valence-electron chi connectivity index (χ0n) is 9.54. The minimum absolute atomic E-state index is 0.150. The standard InChI is InChI=1S/C11H23NO/c1-8-6-10(13)9(2)12(7-8)11(3,4)5/h8-10,13H,6-7H2,1-5H3/t8-,9+,10?/m1/s1. The molecule has 2 nitrogen and oxygen atoms in total. The Kier molecular flexibility index (Phi) is 3.03. The largest absolute Gasteiger partial charge is 0.391 e. The molecule has 1 aliphatic heterocycles. The highest BCUT2D eigenvalue weighted by atomic mass is 16.3. The summed E-state index contributed by atoms with van der Waals surface area (Å²) in [6, 6.07) is 0.302. The third-order valence-electron chi connectivity index (χ3n) is 3.06. The summed E-state index contributed by atoms with van der Waals surface area (Å²) in [5.74, 6) is 0.616. The maximum atomic E-state index is 9.84. The first-order valence-electron chi connectivity index (χ1n) is 5.27. The number of nitrogens with zero attached hydrogens (tertiary/aromatic N) is 1. The molecule has 0 aromatic carbocycles. The monoisotopic (exact) mass is 185 g/mol. The van der Waals surface area contributed by atoms with Crippen LogP contribution in [0.3, 0.4) is 0 Å². The van der Waals surface area contributed by atoms with Crippen molar-refractivity contribution in [1.82, 2.24) is 4.90 Å². The van der Waals surface area contributed by atoms with E-state index in [0.29, 0.717) is 12.0 Å². The van der Waals surface area contributed by atoms with Gasteiger partial charge in [-0.15, -0.1) is 0 Å². The topological polar surface area (TPSA) is 23.5 Å². The summed E-state index contributed by atoms with van der Waals surface area (Å²) in [4.78, 5) is 2.41. The lowest BCUT2D eigenvalue weighted by atomic mass is 9.88. The fourth-order valence-corrected chi connectivity index (χ4v) is 2.28. The molecule has 1 fully saturated rings. The highest BCUT2D eigenvalue weighted by molar-refractivity contribution is 4.90. The molecule has 1 aliphatic rings. The van der Waals surface area contributed by atoms with E-state index in [0.717, 1.165) is 13.0 Å². The molecule has 0 aromatic rings. The number of aliphatic hydroxyl groups is 1. The Bertz CT molecular complexity index is 173. The van der Waals surface area contributed by atoms with E-state index in [1.807, 2.05) is 0 Å². The molecule has 78 valence electrons. The van der Waals surface area contributed by atoms with Crippen LogP contribution < -0.4 is 0 Å². The number of hydrogen-bond acceptors (Lipinski definition) is 2. The minimum atomic E-state index is -0.150. The maximum Gasteiger partial charge on any atom is 0.0695 e. The second-order valence-corrected chi connectivity index (χ2v) is 5.47. The molecule has 2 heteroatoms. The lowest BCUT2D eigenvalue weighted by Crippen LogP contribution is -2.56. The van der Waals surface area contributed by atoms with Gasteiger partial charge in [-0.25, -0.2) is 0 Å². The summed E-state index contributed by atoms with van der Waals surface area (Å²) in [6.45, 7) is 12.1. The average molecular weight is 185 g/mol. The van der Waals surface area contributed by atoms with Crippen LogP contribution in [-0.2, 0) is 0 Å². The molecule has 0 bridgehead atoms. The van der Waals surface area contributed by atoms with E-state index in [4.69, 9.17) is 0 Å². The summed E-state index contributed by atoms with van der Waals surface area (Å²) in [5, 5.41) is 9.84. The first kappa shape index (κ1) is 11.0. The van der Waals surface area contributed by atoms with Gasteiger partial charge in [-0.2, -0.15) is 0 Å². The molecular weight excluding hydrogens is 162 g/mol. The van der Waals surface area contributed by atoms with Gasteiger partial charge in [0.2, 0.25) is 0 Å². The minimum Gasteiger partial charge on any atom is -0.391 e. The summed E-state index contributed by atoms with van der Waals surface area (Å²) >= 11 is 0. The van der Waals surface area contributed by atoms with Gasteiger partial charge >= 0.3 is 0 Å². The maximum absolute atomic E-state index is 9.84. The molecular formula is C11H23NO. The molecule has 1 heterocycles. The molecule has 0 saturated carbocycles. The Morgan fingerprint density at radius 1 is 1.23 bits per heavy atom. The quantitative estimate of drug-likeness (QED) is 0.623. The van der Waals surface area contributed by atoms with E-state index >= 15 is 0 Å². The second kappa shape index (κ2) is 3.58. The predicted octanol–water partition coefficient (Wildman–Crippen LogP) is 1.88. The smallest absolute Gasteiger partial charge is 0.0695 e. The number of aliphatic hydroxyl groups excluding tert-OH is 1. The number of rotatable bonds is 0. The molecule has 1 saturated heterocycles. The zero-order valence-corrected chi connectivity index (χ0v) is 9.54. The third-order valence-corrected chi connectivity index (χ3v) is 3.06. The zero-order chi connectivity index (χ0) is 10.2. The average Bonchev–Trinajstić information content (AvgIpc) is 1.94. The van der Waals surface area contributed by atoms with Crippen molar-refractivity contribution in [3.63, 3.8) is 0 Å². The number of hydrogen-bond donors (Lipinski definition) is 1. The molecule has 3 atom stereocenters. The van der Waals surface area contributed by atoms with E-state index in [1.165, 1.54) is 0 Å². The summed E-state index contributed by atoms with van der Waals surface area (Å²) in [6.07, 6.45) is 0.802. The van der Waals surface area contributed by atoms with Gasteiger partial charge in [0.25, 0.3) is 0 Å². The van der Waals surface area contributed by atoms with Gasteiger partial charge in [0.05, 0.1) is 6.10 Å². The highest BCUT2D eigenvalue weighted by Crippen LogP contribution is 2.28. The summed E-state index contributed by atoms with van der Waals surface area (Å²) in [5.41, 5.74) is 0.176. The van der Waals surface area contributed by atoms with E-state index in [9.17, 15) is 5.11 Å². The van der Waals surface area contributed by atoms with E-state index in [2.05, 4.69) is 39.5 Å². The predicted molar refractivity (Wildman–Crippen MR) is 55.7 cm³/mol. The van der Waals surface area contributed by atoms with Gasteiger partial charge < -0.3 is 5.11 Å². The molecule has 1 rings (SSSR count). The van der Waals surface area contributed by atoms with Crippen molar-refractivity contribution >= 4 is 0 Å². The van der Waals surface area contributed by atoms with Crippen LogP contribution in [0.1, 0.15) is 41.0 Å². The fourth-order valence-electron chi connectivity index (χ4n) is 2.28. The van der Waals surface area contributed by atoms with Crippen LogP contribution in [0.2, 0.25) is 0 Å². The van der Waals surface area contributed by atoms with Crippen molar-refractivity contribution in [1.29, 1.82) is 0 Å². The van der Waals surface area contributed by atoms with Gasteiger partial charge in [0.1, 0.15) is 0 Å². The van der Waals surface area contributed by atoms with Crippen molar-refractivity contribution in [3.05, 3.63) is 0 Å². The molecule has 0 amide bonds. The molecule has 1 N–H and O–H groups in total. The van der Waals surface area contributed by atoms with Gasteiger partial charge in [0.15, 0.2) is 0 Å². The first-order valence-corrected chi connectivity index (χ1v) is 5.27. The molecule has 0 aromatic heterocycles. The fraction of sp³-hybridized carbons (Fsp3) is 1.00. The Labute approximate surface area is 81.9 Å². The van der Waals surface area contributed by atoms with E-state index in [-0.39, 0.29) is 11.6 Å². The Morgan fingerprint density at radius 3 is 2.23 bits per heavy atom. The van der Waals surface area contributed by atoms with E-state index in [1.54, 1.807) is 0 Å². The van der Waals surface area contributed by atoms with E-state index < -0.39 is 0 Å². The Balaban J connectivity index is 2.72. The van der Waals surface area contributed by atoms with Gasteiger partial charge in [0, 0.05) is 18.1 Å². The highest BCUT2D eigenvalue weighted by Gasteiger charge is 2.35. The van der Waals surface area contributed by atoms with Crippen molar-refractivity contribution in [2.45, 2.75) is 58.7 Å². The van der Waals surface area contributed by atoms with Crippen LogP contribution in [0.5, 0.6) is 0 Å². The van der Waals surface area contributed by atoms with Gasteiger partial charge in [-0.1, -0.05) is 6.92 Å². The van der Waals surface area contributed by atoms with Crippen LogP contribution in [-0.4, -0.2) is 34.2 Å². The first-order chi connectivity index (χ1) is 5.82. The third kappa shape index (κ3) is 2.44. The summed E-state index contributed by atoms with van der Waals surface area (Å²) in [7, 11) is 0. The summed E-state index contributed by atoms with van der Waals surface area (Å²) < 4.78 is 0. The Hall–Kier alpha value is -0.0800. The molecule has 1 unspecified atom stereocenters. The molecule has 13 heavy (non-hydrogen) atoms. The number of likely N-dealkylation sites (tertiary alicyclic amines) is 1. The Morgan fingerprint density at radius 2 is 1.77 bits per heavy atom. The lowest BCUT2D eigenvalue weighted by molar-refractivity contribution is -0.0458. The van der Waals surface area contributed by atoms with Crippen molar-refractivity contribution in [2.75, 3.05) is 6.54 Å². The van der Waals surface area contributed by atoms with Crippen molar-refractivity contribution in [2.24, 2.45) is 5.92 Å². The molecule has 0 radical (unpaired) electrons. The van der Waals surface area contributed by atoms with Gasteiger partial charge in [-0.05, 0) is 40.0 Å². The SMILES string of the molecule is C[C@@H]1CC(O)[C@H](C)N(C(C)(C)C)C1. The second-order valence-electron chi connectivity index (χ2n) is 5.47. The van der Waals surface area contributed by atoms with Crippen molar-refractivity contribution < 1.29 is 5.11 Å². The normalized spacial score (nSPS) is 37.8. The number of piperidine rings is 1. The van der Waals surface area contributed by atoms with Crippen molar-refractivity contribution in [3.8, 4) is 0 Å².